The van der Waals surface area contributed by atoms with Gasteiger partial charge in [-0.05, 0) is 53.4 Å². The summed E-state index contributed by atoms with van der Waals surface area (Å²) in [5, 5.41) is 9.05. The fourth-order valence-electron chi connectivity index (χ4n) is 2.47. The van der Waals surface area contributed by atoms with Crippen LogP contribution in [0.2, 0.25) is 0 Å². The minimum absolute atomic E-state index is 0.559. The smallest absolute Gasteiger partial charge is 0.119 e. The standard InChI is InChI=1S/C21H17NO/c1-16-7-8-18(14-22)13-21(16)19-9-11-20(12-10-19)23-15-17-5-3-2-4-6-17/h2-13H,15H2,1H3. The number of benzene rings is 3. The van der Waals surface area contributed by atoms with Crippen molar-refractivity contribution >= 4 is 0 Å². The van der Waals surface area contributed by atoms with Crippen molar-refractivity contribution in [2.75, 3.05) is 0 Å². The third kappa shape index (κ3) is 3.59. The maximum Gasteiger partial charge on any atom is 0.119 e. The SMILES string of the molecule is Cc1ccc(C#N)cc1-c1ccc(OCc2ccccc2)cc1. The Bertz CT molecular complexity index is 830. The molecule has 0 aliphatic rings. The molecule has 3 aromatic carbocycles. The number of hydrogen-bond donors (Lipinski definition) is 0. The molecule has 0 heterocycles. The van der Waals surface area contributed by atoms with Crippen molar-refractivity contribution in [2.24, 2.45) is 0 Å². The minimum atomic E-state index is 0.559. The van der Waals surface area contributed by atoms with Gasteiger partial charge >= 0.3 is 0 Å². The van der Waals surface area contributed by atoms with Gasteiger partial charge in [0.2, 0.25) is 0 Å². The third-order valence-corrected chi connectivity index (χ3v) is 3.78. The lowest BCUT2D eigenvalue weighted by Crippen LogP contribution is -1.94. The van der Waals surface area contributed by atoms with E-state index < -0.39 is 0 Å². The first-order valence-corrected chi connectivity index (χ1v) is 7.54. The van der Waals surface area contributed by atoms with Gasteiger partial charge in [0.05, 0.1) is 11.6 Å². The van der Waals surface area contributed by atoms with E-state index in [4.69, 9.17) is 10.00 Å². The van der Waals surface area contributed by atoms with Gasteiger partial charge in [-0.3, -0.25) is 0 Å². The maximum atomic E-state index is 9.05. The molecule has 0 bridgehead atoms. The van der Waals surface area contributed by atoms with Crippen LogP contribution in [0.15, 0.2) is 72.8 Å². The fourth-order valence-corrected chi connectivity index (χ4v) is 2.47. The molecule has 0 saturated carbocycles. The van der Waals surface area contributed by atoms with Crippen LogP contribution in [0, 0.1) is 18.3 Å². The molecule has 0 N–H and O–H groups in total. The molecule has 0 unspecified atom stereocenters. The molecule has 0 aliphatic heterocycles. The Morgan fingerprint density at radius 2 is 1.65 bits per heavy atom. The molecule has 0 atom stereocenters. The highest BCUT2D eigenvalue weighted by molar-refractivity contribution is 5.69. The van der Waals surface area contributed by atoms with E-state index >= 15 is 0 Å². The Hall–Kier alpha value is -3.05. The van der Waals surface area contributed by atoms with Gasteiger partial charge in [0.1, 0.15) is 12.4 Å². The van der Waals surface area contributed by atoms with Gasteiger partial charge in [-0.15, -0.1) is 0 Å². The van der Waals surface area contributed by atoms with Gasteiger partial charge in [0.25, 0.3) is 0 Å². The van der Waals surface area contributed by atoms with Gasteiger partial charge in [0.15, 0.2) is 0 Å². The summed E-state index contributed by atoms with van der Waals surface area (Å²) in [6.45, 7) is 2.61. The van der Waals surface area contributed by atoms with E-state index in [-0.39, 0.29) is 0 Å². The molecule has 0 aliphatic carbocycles. The van der Waals surface area contributed by atoms with Crippen molar-refractivity contribution in [3.63, 3.8) is 0 Å². The zero-order chi connectivity index (χ0) is 16.1. The first-order valence-electron chi connectivity index (χ1n) is 7.54. The van der Waals surface area contributed by atoms with Crippen molar-refractivity contribution in [1.29, 1.82) is 5.26 Å². The van der Waals surface area contributed by atoms with Gasteiger partial charge < -0.3 is 4.74 Å². The first kappa shape index (κ1) is 14.9. The maximum absolute atomic E-state index is 9.05. The molecule has 23 heavy (non-hydrogen) atoms. The number of rotatable bonds is 4. The predicted molar refractivity (Wildman–Crippen MR) is 92.1 cm³/mol. The van der Waals surface area contributed by atoms with Crippen LogP contribution in [-0.2, 0) is 6.61 Å². The summed E-state index contributed by atoms with van der Waals surface area (Å²) < 4.78 is 5.81. The van der Waals surface area contributed by atoms with E-state index in [9.17, 15) is 0 Å². The Labute approximate surface area is 136 Å². The average molecular weight is 299 g/mol. The number of nitriles is 1. The molecule has 2 heteroatoms. The van der Waals surface area contributed by atoms with Gasteiger partial charge in [0, 0.05) is 0 Å². The molecular formula is C21H17NO. The van der Waals surface area contributed by atoms with E-state index in [1.54, 1.807) is 0 Å². The van der Waals surface area contributed by atoms with E-state index in [1.807, 2.05) is 72.8 Å². The Morgan fingerprint density at radius 3 is 2.35 bits per heavy atom. The molecule has 0 spiro atoms. The van der Waals surface area contributed by atoms with E-state index in [0.29, 0.717) is 12.2 Å². The Kier molecular flexibility index (Phi) is 4.40. The van der Waals surface area contributed by atoms with Gasteiger partial charge in [-0.25, -0.2) is 0 Å². The van der Waals surface area contributed by atoms with Crippen molar-refractivity contribution in [2.45, 2.75) is 13.5 Å². The summed E-state index contributed by atoms with van der Waals surface area (Å²) in [4.78, 5) is 0. The second kappa shape index (κ2) is 6.81. The van der Waals surface area contributed by atoms with Crippen LogP contribution in [0.5, 0.6) is 5.75 Å². The Morgan fingerprint density at radius 1 is 0.913 bits per heavy atom. The second-order valence-corrected chi connectivity index (χ2v) is 5.44. The van der Waals surface area contributed by atoms with E-state index in [0.717, 1.165) is 28.0 Å². The van der Waals surface area contributed by atoms with Crippen LogP contribution in [0.1, 0.15) is 16.7 Å². The summed E-state index contributed by atoms with van der Waals surface area (Å²) in [6, 6.07) is 26.0. The lowest BCUT2D eigenvalue weighted by molar-refractivity contribution is 0.306. The molecule has 0 amide bonds. The lowest BCUT2D eigenvalue weighted by Gasteiger charge is -2.09. The molecule has 3 aromatic rings. The number of nitrogens with zero attached hydrogens (tertiary/aromatic N) is 1. The molecule has 3 rings (SSSR count). The summed E-state index contributed by atoms with van der Waals surface area (Å²) in [5.41, 5.74) is 5.15. The van der Waals surface area contributed by atoms with Crippen molar-refractivity contribution in [3.8, 4) is 22.9 Å². The first-order chi connectivity index (χ1) is 11.3. The van der Waals surface area contributed by atoms with E-state index in [1.165, 1.54) is 0 Å². The number of hydrogen-bond acceptors (Lipinski definition) is 2. The Balaban J connectivity index is 1.76. The van der Waals surface area contributed by atoms with Crippen LogP contribution < -0.4 is 4.74 Å². The van der Waals surface area contributed by atoms with Gasteiger partial charge in [-0.1, -0.05) is 48.5 Å². The third-order valence-electron chi connectivity index (χ3n) is 3.78. The summed E-state index contributed by atoms with van der Waals surface area (Å²) in [5.74, 6) is 0.840. The molecule has 0 aromatic heterocycles. The predicted octanol–water partition coefficient (Wildman–Crippen LogP) is 5.11. The summed E-state index contributed by atoms with van der Waals surface area (Å²) in [7, 11) is 0. The zero-order valence-electron chi connectivity index (χ0n) is 13.0. The second-order valence-electron chi connectivity index (χ2n) is 5.44. The summed E-state index contributed by atoms with van der Waals surface area (Å²) in [6.07, 6.45) is 0. The largest absolute Gasteiger partial charge is 0.489 e. The molecule has 0 saturated heterocycles. The van der Waals surface area contributed by atoms with Crippen LogP contribution in [0.3, 0.4) is 0 Å². The van der Waals surface area contributed by atoms with Crippen LogP contribution in [-0.4, -0.2) is 0 Å². The quantitative estimate of drug-likeness (QED) is 0.670. The average Bonchev–Trinajstić information content (AvgIpc) is 2.62. The molecular weight excluding hydrogens is 282 g/mol. The van der Waals surface area contributed by atoms with Crippen molar-refractivity contribution < 1.29 is 4.74 Å². The topological polar surface area (TPSA) is 33.0 Å². The van der Waals surface area contributed by atoms with E-state index in [2.05, 4.69) is 13.0 Å². The molecule has 112 valence electrons. The number of ether oxygens (including phenoxy) is 1. The normalized spacial score (nSPS) is 10.1. The summed E-state index contributed by atoms with van der Waals surface area (Å²) >= 11 is 0. The van der Waals surface area contributed by atoms with Gasteiger partial charge in [-0.2, -0.15) is 5.26 Å². The number of aryl methyl sites for hydroxylation is 1. The van der Waals surface area contributed by atoms with Crippen LogP contribution in [0.25, 0.3) is 11.1 Å². The minimum Gasteiger partial charge on any atom is -0.489 e. The monoisotopic (exact) mass is 299 g/mol. The van der Waals surface area contributed by atoms with Crippen molar-refractivity contribution in [1.82, 2.24) is 0 Å². The highest BCUT2D eigenvalue weighted by Crippen LogP contribution is 2.26. The highest BCUT2D eigenvalue weighted by atomic mass is 16.5. The highest BCUT2D eigenvalue weighted by Gasteiger charge is 2.04. The van der Waals surface area contributed by atoms with Crippen molar-refractivity contribution in [3.05, 3.63) is 89.5 Å². The molecule has 0 fully saturated rings. The zero-order valence-corrected chi connectivity index (χ0v) is 13.0. The lowest BCUT2D eigenvalue weighted by atomic mass is 9.98. The molecule has 2 nitrogen and oxygen atoms in total. The fraction of sp³-hybridized carbons (Fsp3) is 0.0952. The van der Waals surface area contributed by atoms with Crippen LogP contribution in [0.4, 0.5) is 0 Å². The van der Waals surface area contributed by atoms with Crippen LogP contribution >= 0.6 is 0 Å². The molecule has 0 radical (unpaired) electrons.